The zero-order chi connectivity index (χ0) is 17.9. The highest BCUT2D eigenvalue weighted by molar-refractivity contribution is 6.32. The van der Waals surface area contributed by atoms with Crippen molar-refractivity contribution < 1.29 is 0 Å². The molecule has 0 atom stereocenters. The topological polar surface area (TPSA) is 0 Å². The zero-order valence-corrected chi connectivity index (χ0v) is 15.5. The normalized spacial score (nSPS) is 14.2. The summed E-state index contributed by atoms with van der Waals surface area (Å²) >= 11 is 0. The van der Waals surface area contributed by atoms with Crippen LogP contribution in [0.5, 0.6) is 0 Å². The lowest BCUT2D eigenvalue weighted by molar-refractivity contribution is 0.661. The van der Waals surface area contributed by atoms with Crippen LogP contribution in [0.1, 0.15) is 25.0 Å². The molecule has 0 unspecified atom stereocenters. The Morgan fingerprint density at radius 3 is 2.31 bits per heavy atom. The van der Waals surface area contributed by atoms with Crippen molar-refractivity contribution in [3.8, 4) is 22.3 Å². The van der Waals surface area contributed by atoms with Crippen molar-refractivity contribution in [3.63, 3.8) is 0 Å². The van der Waals surface area contributed by atoms with E-state index in [2.05, 4.69) is 101 Å². The van der Waals surface area contributed by atoms with E-state index in [4.69, 9.17) is 0 Å². The number of hydrogen-bond donors (Lipinski definition) is 0. The fourth-order valence-corrected chi connectivity index (χ4v) is 4.61. The predicted molar refractivity (Wildman–Crippen MR) is 115 cm³/mol. The maximum absolute atomic E-state index is 2.41. The molecule has 4 aromatic carbocycles. The van der Waals surface area contributed by atoms with Crippen LogP contribution in [0.2, 0.25) is 0 Å². The standard InChI is InChI=1S/C25H21B/c1-25(2)21-13-6-5-12-20(21)24-22(25)15-16-8-3-4-11-19(16)23(24)17-9-7-10-18(26)14-17/h3-15H,26H2,1-2H3. The van der Waals surface area contributed by atoms with Gasteiger partial charge in [-0.05, 0) is 50.2 Å². The molecular weight excluding hydrogens is 311 g/mol. The largest absolute Gasteiger partial charge is 0.139 e. The van der Waals surface area contributed by atoms with Gasteiger partial charge in [-0.1, -0.05) is 92.1 Å². The van der Waals surface area contributed by atoms with Crippen molar-refractivity contribution in [3.05, 3.63) is 90.0 Å². The molecule has 1 heteroatoms. The van der Waals surface area contributed by atoms with Crippen LogP contribution < -0.4 is 5.46 Å². The molecule has 0 nitrogen and oxygen atoms in total. The van der Waals surface area contributed by atoms with Crippen molar-refractivity contribution in [2.45, 2.75) is 19.3 Å². The van der Waals surface area contributed by atoms with E-state index in [0.717, 1.165) is 0 Å². The van der Waals surface area contributed by atoms with Gasteiger partial charge in [-0.15, -0.1) is 0 Å². The summed E-state index contributed by atoms with van der Waals surface area (Å²) in [5.74, 6) is 0. The molecule has 1 aliphatic carbocycles. The predicted octanol–water partition coefficient (Wildman–Crippen LogP) is 5.07. The fraction of sp³-hybridized carbons (Fsp3) is 0.120. The smallest absolute Gasteiger partial charge is 0.0884 e. The average Bonchev–Trinajstić information content (AvgIpc) is 2.88. The molecule has 0 radical (unpaired) electrons. The van der Waals surface area contributed by atoms with Gasteiger partial charge in [-0.3, -0.25) is 0 Å². The molecule has 0 N–H and O–H groups in total. The van der Waals surface area contributed by atoms with E-state index in [-0.39, 0.29) is 5.41 Å². The number of benzene rings is 4. The van der Waals surface area contributed by atoms with Gasteiger partial charge in [0.1, 0.15) is 7.85 Å². The first kappa shape index (κ1) is 15.5. The molecule has 0 bridgehead atoms. The Morgan fingerprint density at radius 2 is 1.46 bits per heavy atom. The summed E-state index contributed by atoms with van der Waals surface area (Å²) in [4.78, 5) is 0. The van der Waals surface area contributed by atoms with Gasteiger partial charge in [-0.25, -0.2) is 0 Å². The highest BCUT2D eigenvalue weighted by atomic mass is 14.4. The van der Waals surface area contributed by atoms with Gasteiger partial charge in [0.15, 0.2) is 0 Å². The summed E-state index contributed by atoms with van der Waals surface area (Å²) in [6.45, 7) is 4.71. The highest BCUT2D eigenvalue weighted by Crippen LogP contribution is 2.53. The van der Waals surface area contributed by atoms with E-state index < -0.39 is 0 Å². The van der Waals surface area contributed by atoms with Gasteiger partial charge < -0.3 is 0 Å². The molecule has 5 rings (SSSR count). The fourth-order valence-electron chi connectivity index (χ4n) is 4.61. The van der Waals surface area contributed by atoms with E-state index in [1.807, 2.05) is 0 Å². The molecule has 0 aliphatic heterocycles. The Bertz CT molecular complexity index is 1170. The Morgan fingerprint density at radius 1 is 0.692 bits per heavy atom. The summed E-state index contributed by atoms with van der Waals surface area (Å²) in [6.07, 6.45) is 0. The van der Waals surface area contributed by atoms with Gasteiger partial charge in [-0.2, -0.15) is 0 Å². The maximum Gasteiger partial charge on any atom is 0.139 e. The summed E-state index contributed by atoms with van der Waals surface area (Å²) in [5.41, 5.74) is 9.67. The molecule has 0 fully saturated rings. The van der Waals surface area contributed by atoms with E-state index >= 15 is 0 Å². The Kier molecular flexibility index (Phi) is 3.18. The van der Waals surface area contributed by atoms with Crippen LogP contribution in [0.25, 0.3) is 33.0 Å². The molecule has 4 aromatic rings. The zero-order valence-electron chi connectivity index (χ0n) is 15.5. The number of rotatable bonds is 1. The van der Waals surface area contributed by atoms with Crippen molar-refractivity contribution in [1.82, 2.24) is 0 Å². The minimum absolute atomic E-state index is 0.0224. The van der Waals surface area contributed by atoms with Gasteiger partial charge >= 0.3 is 0 Å². The molecule has 26 heavy (non-hydrogen) atoms. The third-order valence-electron chi connectivity index (χ3n) is 5.90. The lowest BCUT2D eigenvalue weighted by atomic mass is 9.80. The Hall–Kier alpha value is -2.80. The molecule has 0 saturated carbocycles. The van der Waals surface area contributed by atoms with Gasteiger partial charge in [0, 0.05) is 5.41 Å². The average molecular weight is 332 g/mol. The molecular formula is C25H21B. The van der Waals surface area contributed by atoms with Crippen molar-refractivity contribution in [1.29, 1.82) is 0 Å². The third-order valence-corrected chi connectivity index (χ3v) is 5.90. The van der Waals surface area contributed by atoms with Crippen molar-refractivity contribution >= 4 is 24.1 Å². The molecule has 0 aromatic heterocycles. The number of fused-ring (bicyclic) bond motifs is 4. The summed E-state index contributed by atoms with van der Waals surface area (Å²) in [5, 5.41) is 2.66. The maximum atomic E-state index is 2.41. The first-order valence-electron chi connectivity index (χ1n) is 9.30. The van der Waals surface area contributed by atoms with Crippen LogP contribution in [0.4, 0.5) is 0 Å². The van der Waals surface area contributed by atoms with Crippen molar-refractivity contribution in [2.24, 2.45) is 0 Å². The quantitative estimate of drug-likeness (QED) is 0.427. The summed E-state index contributed by atoms with van der Waals surface area (Å²) in [6, 6.07) is 29.0. The van der Waals surface area contributed by atoms with Crippen LogP contribution >= 0.6 is 0 Å². The lowest BCUT2D eigenvalue weighted by Gasteiger charge is -2.23. The van der Waals surface area contributed by atoms with Crippen LogP contribution in [-0.2, 0) is 5.41 Å². The second-order valence-corrected chi connectivity index (χ2v) is 7.94. The summed E-state index contributed by atoms with van der Waals surface area (Å²) < 4.78 is 0. The first-order valence-corrected chi connectivity index (χ1v) is 9.30. The SMILES string of the molecule is Bc1cccc(-c2c3c(cc4ccccc24)C(C)(C)c2ccccc2-3)c1. The first-order chi connectivity index (χ1) is 12.6. The molecule has 0 spiro atoms. The highest BCUT2D eigenvalue weighted by Gasteiger charge is 2.37. The monoisotopic (exact) mass is 332 g/mol. The molecule has 1 aliphatic rings. The molecule has 0 saturated heterocycles. The second-order valence-electron chi connectivity index (χ2n) is 7.94. The Balaban J connectivity index is 2.00. The number of hydrogen-bond acceptors (Lipinski definition) is 0. The molecule has 124 valence electrons. The third kappa shape index (κ3) is 2.04. The molecule has 0 heterocycles. The van der Waals surface area contributed by atoms with Crippen LogP contribution in [-0.4, -0.2) is 7.85 Å². The van der Waals surface area contributed by atoms with Gasteiger partial charge in [0.05, 0.1) is 0 Å². The Labute approximate surface area is 155 Å². The minimum Gasteiger partial charge on any atom is -0.0884 e. The molecule has 0 amide bonds. The van der Waals surface area contributed by atoms with Gasteiger partial charge in [0.2, 0.25) is 0 Å². The van der Waals surface area contributed by atoms with E-state index in [1.54, 1.807) is 0 Å². The van der Waals surface area contributed by atoms with Crippen LogP contribution in [0.3, 0.4) is 0 Å². The van der Waals surface area contributed by atoms with Crippen LogP contribution in [0.15, 0.2) is 78.9 Å². The minimum atomic E-state index is 0.0224. The lowest BCUT2D eigenvalue weighted by Crippen LogP contribution is -2.15. The second kappa shape index (κ2) is 5.35. The van der Waals surface area contributed by atoms with E-state index in [9.17, 15) is 0 Å². The van der Waals surface area contributed by atoms with E-state index in [0.29, 0.717) is 0 Å². The van der Waals surface area contributed by atoms with Crippen molar-refractivity contribution in [2.75, 3.05) is 0 Å². The van der Waals surface area contributed by atoms with Gasteiger partial charge in [0.25, 0.3) is 0 Å². The summed E-state index contributed by atoms with van der Waals surface area (Å²) in [7, 11) is 2.17. The van der Waals surface area contributed by atoms with E-state index in [1.165, 1.54) is 49.6 Å². The van der Waals surface area contributed by atoms with Crippen LogP contribution in [0, 0.1) is 0 Å².